The molecule has 0 N–H and O–H groups in total. The molecule has 5 rings (SSSR count). The monoisotopic (exact) mass is 401 g/mol. The second kappa shape index (κ2) is 8.35. The van der Waals surface area contributed by atoms with Crippen molar-refractivity contribution in [2.75, 3.05) is 0 Å². The number of hydrogen-bond donors (Lipinski definition) is 0. The van der Waals surface area contributed by atoms with Crippen molar-refractivity contribution in [3.05, 3.63) is 70.5 Å². The summed E-state index contributed by atoms with van der Waals surface area (Å²) in [4.78, 5) is 13.0. The summed E-state index contributed by atoms with van der Waals surface area (Å²) in [6.07, 6.45) is 4.16. The molecule has 0 atom stereocenters. The molecular formula is C27H31NO2. The first-order valence-corrected chi connectivity index (χ1v) is 10.8. The lowest BCUT2D eigenvalue weighted by molar-refractivity contribution is 0.162. The Balaban J connectivity index is 0.000000606. The minimum atomic E-state index is -0.376. The summed E-state index contributed by atoms with van der Waals surface area (Å²) in [7, 11) is 1.85. The van der Waals surface area contributed by atoms with Gasteiger partial charge in [0.05, 0.1) is 5.52 Å². The SMILES string of the molecule is CC.CC.Cn1c(=O)c2ccccc2c2c3ccccc3c3c(c21)C=CC(C)(C)O3. The number of hydrogen-bond acceptors (Lipinski definition) is 2. The number of aryl methyl sites for hydroxylation is 1. The van der Waals surface area contributed by atoms with Gasteiger partial charge in [0.2, 0.25) is 0 Å². The van der Waals surface area contributed by atoms with E-state index in [-0.39, 0.29) is 11.2 Å². The molecule has 0 spiro atoms. The van der Waals surface area contributed by atoms with E-state index >= 15 is 0 Å². The average Bonchev–Trinajstić information content (AvgIpc) is 2.79. The van der Waals surface area contributed by atoms with E-state index in [9.17, 15) is 4.79 Å². The van der Waals surface area contributed by atoms with Gasteiger partial charge in [0.15, 0.2) is 0 Å². The van der Waals surface area contributed by atoms with E-state index in [0.717, 1.165) is 43.8 Å². The van der Waals surface area contributed by atoms with Crippen LogP contribution in [-0.4, -0.2) is 10.2 Å². The lowest BCUT2D eigenvalue weighted by Gasteiger charge is -2.30. The first-order valence-electron chi connectivity index (χ1n) is 10.8. The van der Waals surface area contributed by atoms with Gasteiger partial charge >= 0.3 is 0 Å². The predicted molar refractivity (Wildman–Crippen MR) is 131 cm³/mol. The number of aromatic nitrogens is 1. The Hall–Kier alpha value is -3.07. The molecule has 0 bridgehead atoms. The third-order valence-corrected chi connectivity index (χ3v) is 5.26. The molecule has 3 nitrogen and oxygen atoms in total. The van der Waals surface area contributed by atoms with Gasteiger partial charge in [-0.05, 0) is 42.8 Å². The molecule has 0 radical (unpaired) electrons. The summed E-state index contributed by atoms with van der Waals surface area (Å²) in [6.45, 7) is 12.1. The zero-order valence-electron chi connectivity index (χ0n) is 19.0. The molecular weight excluding hydrogens is 370 g/mol. The minimum Gasteiger partial charge on any atom is -0.482 e. The molecule has 4 aromatic rings. The summed E-state index contributed by atoms with van der Waals surface area (Å²) < 4.78 is 8.10. The van der Waals surface area contributed by atoms with Crippen molar-refractivity contribution in [1.82, 2.24) is 4.57 Å². The highest BCUT2D eigenvalue weighted by molar-refractivity contribution is 6.23. The van der Waals surface area contributed by atoms with Gasteiger partial charge < -0.3 is 9.30 Å². The van der Waals surface area contributed by atoms with E-state index in [1.54, 1.807) is 4.57 Å². The van der Waals surface area contributed by atoms with Crippen LogP contribution in [0.25, 0.3) is 38.5 Å². The quantitative estimate of drug-likeness (QED) is 0.295. The van der Waals surface area contributed by atoms with E-state index in [1.807, 2.05) is 85.0 Å². The highest BCUT2D eigenvalue weighted by Crippen LogP contribution is 2.44. The van der Waals surface area contributed by atoms with Crippen LogP contribution in [0.1, 0.15) is 47.1 Å². The summed E-state index contributed by atoms with van der Waals surface area (Å²) in [5.41, 5.74) is 1.54. The molecule has 0 saturated heterocycles. The largest absolute Gasteiger partial charge is 0.482 e. The molecule has 0 aliphatic carbocycles. The van der Waals surface area contributed by atoms with Gasteiger partial charge in [0, 0.05) is 28.8 Å². The molecule has 2 heterocycles. The molecule has 1 aliphatic rings. The Morgan fingerprint density at radius 2 is 1.30 bits per heavy atom. The van der Waals surface area contributed by atoms with Crippen LogP contribution in [-0.2, 0) is 7.05 Å². The normalized spacial score (nSPS) is 13.7. The second-order valence-corrected chi connectivity index (χ2v) is 7.46. The highest BCUT2D eigenvalue weighted by Gasteiger charge is 2.27. The summed E-state index contributed by atoms with van der Waals surface area (Å²) >= 11 is 0. The molecule has 0 amide bonds. The second-order valence-electron chi connectivity index (χ2n) is 7.46. The Morgan fingerprint density at radius 3 is 1.90 bits per heavy atom. The van der Waals surface area contributed by atoms with Gasteiger partial charge in [-0.1, -0.05) is 70.2 Å². The third-order valence-electron chi connectivity index (χ3n) is 5.26. The molecule has 1 aliphatic heterocycles. The molecule has 1 aromatic heterocycles. The maximum absolute atomic E-state index is 13.0. The van der Waals surface area contributed by atoms with Crippen LogP contribution < -0.4 is 10.3 Å². The number of ether oxygens (including phenoxy) is 1. The fourth-order valence-electron chi connectivity index (χ4n) is 4.05. The van der Waals surface area contributed by atoms with Crippen LogP contribution in [0.15, 0.2) is 59.4 Å². The van der Waals surface area contributed by atoms with Crippen LogP contribution >= 0.6 is 0 Å². The smallest absolute Gasteiger partial charge is 0.258 e. The Labute approximate surface area is 178 Å². The number of benzene rings is 3. The Morgan fingerprint density at radius 1 is 0.800 bits per heavy atom. The number of fused-ring (bicyclic) bond motifs is 8. The maximum atomic E-state index is 13.0. The van der Waals surface area contributed by atoms with Crippen molar-refractivity contribution in [3.8, 4) is 5.75 Å². The number of rotatable bonds is 0. The lowest BCUT2D eigenvalue weighted by atomic mass is 9.92. The van der Waals surface area contributed by atoms with Crippen molar-refractivity contribution < 1.29 is 4.74 Å². The molecule has 3 aromatic carbocycles. The molecule has 156 valence electrons. The Kier molecular flexibility index (Phi) is 6.02. The molecule has 0 unspecified atom stereocenters. The maximum Gasteiger partial charge on any atom is 0.258 e. The van der Waals surface area contributed by atoms with E-state index < -0.39 is 0 Å². The van der Waals surface area contributed by atoms with E-state index in [4.69, 9.17) is 4.74 Å². The zero-order chi connectivity index (χ0) is 22.1. The van der Waals surface area contributed by atoms with Crippen LogP contribution in [0.2, 0.25) is 0 Å². The molecule has 30 heavy (non-hydrogen) atoms. The van der Waals surface area contributed by atoms with E-state index in [1.165, 1.54) is 0 Å². The highest BCUT2D eigenvalue weighted by atomic mass is 16.5. The van der Waals surface area contributed by atoms with Gasteiger partial charge in [-0.15, -0.1) is 0 Å². The van der Waals surface area contributed by atoms with E-state index in [2.05, 4.69) is 24.3 Å². The van der Waals surface area contributed by atoms with Crippen molar-refractivity contribution in [3.63, 3.8) is 0 Å². The van der Waals surface area contributed by atoms with Crippen LogP contribution in [0.3, 0.4) is 0 Å². The molecule has 0 saturated carbocycles. The first-order chi connectivity index (χ1) is 14.5. The van der Waals surface area contributed by atoms with Crippen molar-refractivity contribution in [2.24, 2.45) is 7.05 Å². The van der Waals surface area contributed by atoms with Gasteiger partial charge in [-0.25, -0.2) is 0 Å². The Bertz CT molecular complexity index is 1310. The molecule has 0 fully saturated rings. The van der Waals surface area contributed by atoms with Crippen LogP contribution in [0.5, 0.6) is 5.75 Å². The summed E-state index contributed by atoms with van der Waals surface area (Å²) in [5, 5.41) is 5.02. The topological polar surface area (TPSA) is 31.2 Å². The number of nitrogens with zero attached hydrogens (tertiary/aromatic N) is 1. The zero-order valence-corrected chi connectivity index (χ0v) is 19.0. The fraction of sp³-hybridized carbons (Fsp3) is 0.296. The third kappa shape index (κ3) is 3.28. The van der Waals surface area contributed by atoms with Gasteiger partial charge in [0.25, 0.3) is 5.56 Å². The standard InChI is InChI=1S/C23H19NO2.2C2H6/c1-23(2)13-12-18-20-19(14-8-4-6-10-16(14)21(18)26-23)15-9-5-7-11-17(15)22(25)24(20)3;2*1-2/h4-13H,1-3H3;2*1-2H3. The fourth-order valence-corrected chi connectivity index (χ4v) is 4.05. The van der Waals surface area contributed by atoms with Crippen LogP contribution in [0.4, 0.5) is 0 Å². The van der Waals surface area contributed by atoms with Crippen molar-refractivity contribution in [2.45, 2.75) is 47.1 Å². The number of pyridine rings is 1. The molecule has 3 heteroatoms. The van der Waals surface area contributed by atoms with Crippen LogP contribution in [0, 0.1) is 0 Å². The van der Waals surface area contributed by atoms with Crippen molar-refractivity contribution in [1.29, 1.82) is 0 Å². The predicted octanol–water partition coefficient (Wildman–Crippen LogP) is 7.08. The lowest BCUT2D eigenvalue weighted by Crippen LogP contribution is -2.28. The first kappa shape index (κ1) is 21.6. The summed E-state index contributed by atoms with van der Waals surface area (Å²) in [6, 6.07) is 16.1. The van der Waals surface area contributed by atoms with Gasteiger partial charge in [-0.2, -0.15) is 0 Å². The van der Waals surface area contributed by atoms with Gasteiger partial charge in [-0.3, -0.25) is 4.79 Å². The average molecular weight is 402 g/mol. The minimum absolute atomic E-state index is 0.0174. The van der Waals surface area contributed by atoms with Crippen molar-refractivity contribution >= 4 is 38.5 Å². The van der Waals surface area contributed by atoms with E-state index in [0.29, 0.717) is 0 Å². The van der Waals surface area contributed by atoms with Gasteiger partial charge in [0.1, 0.15) is 11.4 Å². The summed E-state index contributed by atoms with van der Waals surface area (Å²) in [5.74, 6) is 0.853.